The van der Waals surface area contributed by atoms with Crippen molar-refractivity contribution in [1.29, 1.82) is 0 Å². The van der Waals surface area contributed by atoms with Crippen molar-refractivity contribution in [3.8, 4) is 16.2 Å². The normalized spacial score (nSPS) is 12.7. The summed E-state index contributed by atoms with van der Waals surface area (Å²) in [5.41, 5.74) is 2.65. The van der Waals surface area contributed by atoms with Crippen molar-refractivity contribution in [2.75, 3.05) is 18.6 Å². The molecular formula is C23H18N4O5S. The molecule has 0 N–H and O–H groups in total. The van der Waals surface area contributed by atoms with E-state index in [0.29, 0.717) is 28.9 Å². The number of amides is 1. The number of methoxy groups -OCH3 is 1. The molecule has 0 spiro atoms. The molecule has 5 rings (SSSR count). The summed E-state index contributed by atoms with van der Waals surface area (Å²) in [6.07, 6.45) is 1.92. The first-order valence-corrected chi connectivity index (χ1v) is 11.0. The molecular weight excluding hydrogens is 444 g/mol. The second-order valence-corrected chi connectivity index (χ2v) is 8.65. The van der Waals surface area contributed by atoms with E-state index in [1.807, 2.05) is 30.3 Å². The Morgan fingerprint density at radius 2 is 2.00 bits per heavy atom. The van der Waals surface area contributed by atoms with Gasteiger partial charge in [-0.1, -0.05) is 0 Å². The number of anilines is 1. The van der Waals surface area contributed by atoms with Crippen molar-refractivity contribution in [2.24, 2.45) is 0 Å². The number of aromatic nitrogens is 2. The van der Waals surface area contributed by atoms with Crippen molar-refractivity contribution in [1.82, 2.24) is 9.55 Å². The van der Waals surface area contributed by atoms with Crippen LogP contribution < -0.4 is 15.2 Å². The van der Waals surface area contributed by atoms with E-state index in [-0.39, 0.29) is 23.7 Å². The van der Waals surface area contributed by atoms with Gasteiger partial charge in [0.2, 0.25) is 5.91 Å². The number of ether oxygens (including phenoxy) is 1. The number of nitro benzene ring substituents is 1. The zero-order valence-electron chi connectivity index (χ0n) is 17.6. The Labute approximate surface area is 191 Å². The fourth-order valence-electron chi connectivity index (χ4n) is 3.95. The lowest BCUT2D eigenvalue weighted by atomic mass is 10.1. The Morgan fingerprint density at radius 1 is 1.21 bits per heavy atom. The number of benzene rings is 2. The summed E-state index contributed by atoms with van der Waals surface area (Å²) in [6, 6.07) is 13.9. The summed E-state index contributed by atoms with van der Waals surface area (Å²) in [6.45, 7) is 0.258. The number of non-ortho nitro benzene ring substituents is 1. The maximum atomic E-state index is 13.1. The molecule has 0 atom stereocenters. The summed E-state index contributed by atoms with van der Waals surface area (Å²) >= 11 is 1.33. The largest absolute Gasteiger partial charge is 0.497 e. The van der Waals surface area contributed by atoms with Crippen LogP contribution in [0.25, 0.3) is 20.7 Å². The Kier molecular flexibility index (Phi) is 5.14. The van der Waals surface area contributed by atoms with Crippen molar-refractivity contribution < 1.29 is 14.5 Å². The van der Waals surface area contributed by atoms with Gasteiger partial charge in [-0.2, -0.15) is 0 Å². The van der Waals surface area contributed by atoms with Crippen molar-refractivity contribution in [3.63, 3.8) is 0 Å². The van der Waals surface area contributed by atoms with Crippen LogP contribution in [0, 0.1) is 10.1 Å². The van der Waals surface area contributed by atoms with Gasteiger partial charge in [0.05, 0.1) is 23.9 Å². The number of carbonyl (C=O) groups is 1. The van der Waals surface area contributed by atoms with Crippen molar-refractivity contribution >= 4 is 38.8 Å². The van der Waals surface area contributed by atoms with E-state index in [9.17, 15) is 19.7 Å². The molecule has 4 aromatic rings. The van der Waals surface area contributed by atoms with Gasteiger partial charge in [-0.15, -0.1) is 11.3 Å². The quantitative estimate of drug-likeness (QED) is 0.331. The van der Waals surface area contributed by atoms with E-state index >= 15 is 0 Å². The number of thiophene rings is 1. The van der Waals surface area contributed by atoms with Crippen LogP contribution in [0.5, 0.6) is 5.75 Å². The first-order valence-electron chi connectivity index (χ1n) is 10.2. The Bertz CT molecular complexity index is 1460. The summed E-state index contributed by atoms with van der Waals surface area (Å²) in [5.74, 6) is 0.481. The van der Waals surface area contributed by atoms with E-state index in [0.717, 1.165) is 21.8 Å². The van der Waals surface area contributed by atoms with Crippen LogP contribution in [0.1, 0.15) is 5.56 Å². The molecule has 9 nitrogen and oxygen atoms in total. The molecule has 0 saturated heterocycles. The molecule has 2 aromatic carbocycles. The Hall–Kier alpha value is -4.05. The molecule has 0 fully saturated rings. The fourth-order valence-corrected chi connectivity index (χ4v) is 5.01. The maximum Gasteiger partial charge on any atom is 0.271 e. The van der Waals surface area contributed by atoms with Crippen molar-refractivity contribution in [3.05, 3.63) is 80.9 Å². The molecule has 0 radical (unpaired) electrons. The van der Waals surface area contributed by atoms with Crippen LogP contribution in [0.3, 0.4) is 0 Å². The minimum absolute atomic E-state index is 0.000667. The van der Waals surface area contributed by atoms with Gasteiger partial charge in [-0.25, -0.2) is 4.98 Å². The van der Waals surface area contributed by atoms with E-state index in [1.54, 1.807) is 18.1 Å². The second kappa shape index (κ2) is 8.14. The molecule has 1 aliphatic rings. The molecule has 10 heteroatoms. The topological polar surface area (TPSA) is 108 Å². The number of nitrogens with zero attached hydrogens (tertiary/aromatic N) is 4. The maximum absolute atomic E-state index is 13.1. The number of nitro groups is 1. The minimum atomic E-state index is -0.452. The third-order valence-electron chi connectivity index (χ3n) is 5.65. The van der Waals surface area contributed by atoms with Gasteiger partial charge in [0.15, 0.2) is 0 Å². The molecule has 0 aliphatic carbocycles. The Balaban J connectivity index is 1.41. The van der Waals surface area contributed by atoms with E-state index in [1.165, 1.54) is 34.4 Å². The van der Waals surface area contributed by atoms with Crippen LogP contribution in [0.15, 0.2) is 59.7 Å². The summed E-state index contributed by atoms with van der Waals surface area (Å²) in [5, 5.41) is 11.0. The van der Waals surface area contributed by atoms with Crippen LogP contribution in [0.2, 0.25) is 0 Å². The van der Waals surface area contributed by atoms with Crippen LogP contribution in [-0.4, -0.2) is 34.0 Å². The summed E-state index contributed by atoms with van der Waals surface area (Å²) < 4.78 is 6.98. The molecule has 3 heterocycles. The predicted octanol–water partition coefficient (Wildman–Crippen LogP) is 3.63. The average molecular weight is 462 g/mol. The summed E-state index contributed by atoms with van der Waals surface area (Å²) in [7, 11) is 1.60. The molecule has 0 unspecified atom stereocenters. The van der Waals surface area contributed by atoms with Gasteiger partial charge in [0.1, 0.15) is 17.0 Å². The van der Waals surface area contributed by atoms with Gasteiger partial charge >= 0.3 is 0 Å². The standard InChI is InChI=1S/C23H18N4O5S/c1-32-17-5-2-14(3-6-17)20-11-18-22(33-20)23(29)25(13-24-18)12-21(28)26-9-8-15-10-16(27(30)31)4-7-19(15)26/h2-7,10-11,13H,8-9,12H2,1H3. The zero-order chi connectivity index (χ0) is 23.1. The lowest BCUT2D eigenvalue weighted by Crippen LogP contribution is -2.35. The number of hydrogen-bond donors (Lipinski definition) is 0. The summed E-state index contributed by atoms with van der Waals surface area (Å²) in [4.78, 5) is 43.4. The van der Waals surface area contributed by atoms with Crippen LogP contribution in [0.4, 0.5) is 11.4 Å². The highest BCUT2D eigenvalue weighted by Gasteiger charge is 2.27. The SMILES string of the molecule is COc1ccc(-c2cc3ncn(CC(=O)N4CCc5cc([N+](=O)[O-])ccc54)c(=O)c3s2)cc1. The lowest BCUT2D eigenvalue weighted by molar-refractivity contribution is -0.384. The van der Waals surface area contributed by atoms with E-state index in [4.69, 9.17) is 4.74 Å². The molecule has 33 heavy (non-hydrogen) atoms. The van der Waals surface area contributed by atoms with Crippen molar-refractivity contribution in [2.45, 2.75) is 13.0 Å². The van der Waals surface area contributed by atoms with Crippen LogP contribution in [-0.2, 0) is 17.8 Å². The average Bonchev–Trinajstić information content (AvgIpc) is 3.45. The van der Waals surface area contributed by atoms with Gasteiger partial charge in [-0.05, 0) is 53.9 Å². The number of hydrogen-bond acceptors (Lipinski definition) is 7. The van der Waals surface area contributed by atoms with E-state index in [2.05, 4.69) is 4.98 Å². The zero-order valence-corrected chi connectivity index (χ0v) is 18.4. The van der Waals surface area contributed by atoms with Gasteiger partial charge < -0.3 is 9.64 Å². The first-order chi connectivity index (χ1) is 15.9. The number of fused-ring (bicyclic) bond motifs is 2. The number of rotatable bonds is 5. The fraction of sp³-hybridized carbons (Fsp3) is 0.174. The van der Waals surface area contributed by atoms with Crippen LogP contribution >= 0.6 is 11.3 Å². The second-order valence-electron chi connectivity index (χ2n) is 7.60. The van der Waals surface area contributed by atoms with Gasteiger partial charge in [0, 0.05) is 29.2 Å². The molecule has 0 bridgehead atoms. The van der Waals surface area contributed by atoms with Gasteiger partial charge in [0.25, 0.3) is 11.2 Å². The smallest absolute Gasteiger partial charge is 0.271 e. The Morgan fingerprint density at radius 3 is 2.73 bits per heavy atom. The molecule has 1 aliphatic heterocycles. The van der Waals surface area contributed by atoms with Gasteiger partial charge in [-0.3, -0.25) is 24.3 Å². The molecule has 166 valence electrons. The third kappa shape index (κ3) is 3.74. The third-order valence-corrected chi connectivity index (χ3v) is 6.82. The lowest BCUT2D eigenvalue weighted by Gasteiger charge is -2.17. The predicted molar refractivity (Wildman–Crippen MR) is 125 cm³/mol. The monoisotopic (exact) mass is 462 g/mol. The van der Waals surface area contributed by atoms with E-state index < -0.39 is 4.92 Å². The molecule has 0 saturated carbocycles. The first kappa shape index (κ1) is 20.8. The number of carbonyl (C=O) groups excluding carboxylic acids is 1. The highest BCUT2D eigenvalue weighted by atomic mass is 32.1. The highest BCUT2D eigenvalue weighted by molar-refractivity contribution is 7.22. The molecule has 2 aromatic heterocycles. The molecule has 1 amide bonds. The highest BCUT2D eigenvalue weighted by Crippen LogP contribution is 2.33. The minimum Gasteiger partial charge on any atom is -0.497 e.